The van der Waals surface area contributed by atoms with Crippen LogP contribution in [0.2, 0.25) is 0 Å². The molecule has 0 heterocycles. The van der Waals surface area contributed by atoms with E-state index in [0.717, 1.165) is 77.0 Å². The van der Waals surface area contributed by atoms with Crippen molar-refractivity contribution in [1.82, 2.24) is 5.32 Å². The molecule has 3 unspecified atom stereocenters. The Labute approximate surface area is 369 Å². The van der Waals surface area contributed by atoms with Crippen LogP contribution in [-0.2, 0) is 18.4 Å². The zero-order chi connectivity index (χ0) is 44.3. The Bertz CT molecular complexity index is 1250. The summed E-state index contributed by atoms with van der Waals surface area (Å²) in [4.78, 5) is 25.3. The Hall–Kier alpha value is -2.32. The molecule has 0 aromatic carbocycles. The lowest BCUT2D eigenvalue weighted by molar-refractivity contribution is -0.870. The molecular formula is C51H91N2O6P. The van der Waals surface area contributed by atoms with Crippen LogP contribution in [0.25, 0.3) is 0 Å². The number of rotatable bonds is 42. The Morgan fingerprint density at radius 3 is 1.55 bits per heavy atom. The molecule has 8 nitrogen and oxygen atoms in total. The highest BCUT2D eigenvalue weighted by Crippen LogP contribution is 2.38. The number of carbonyl (C=O) groups is 1. The third-order valence-electron chi connectivity index (χ3n) is 10.1. The molecule has 0 aliphatic carbocycles. The Morgan fingerprint density at radius 2 is 1.03 bits per heavy atom. The van der Waals surface area contributed by atoms with Crippen LogP contribution in [0.3, 0.4) is 0 Å². The molecule has 2 N–H and O–H groups in total. The second kappa shape index (κ2) is 42.0. The summed E-state index contributed by atoms with van der Waals surface area (Å²) in [5.74, 6) is -0.219. The first kappa shape index (κ1) is 57.7. The van der Waals surface area contributed by atoms with E-state index in [1.165, 1.54) is 83.5 Å². The van der Waals surface area contributed by atoms with Gasteiger partial charge in [-0.15, -0.1) is 0 Å². The number of phosphoric ester groups is 1. The maximum Gasteiger partial charge on any atom is 0.268 e. The minimum absolute atomic E-state index is 0.0132. The second-order valence-electron chi connectivity index (χ2n) is 17.1. The smallest absolute Gasteiger partial charge is 0.268 e. The topological polar surface area (TPSA) is 108 Å². The van der Waals surface area contributed by atoms with Gasteiger partial charge in [0, 0.05) is 6.42 Å². The number of nitrogens with one attached hydrogen (secondary N) is 1. The van der Waals surface area contributed by atoms with Crippen molar-refractivity contribution in [3.8, 4) is 0 Å². The van der Waals surface area contributed by atoms with Gasteiger partial charge in [0.05, 0.1) is 39.9 Å². The third-order valence-corrected chi connectivity index (χ3v) is 11.0. The summed E-state index contributed by atoms with van der Waals surface area (Å²) < 4.78 is 23.2. The van der Waals surface area contributed by atoms with Gasteiger partial charge in [0.1, 0.15) is 13.2 Å². The molecule has 0 bridgehead atoms. The van der Waals surface area contributed by atoms with E-state index in [0.29, 0.717) is 17.4 Å². The molecule has 0 spiro atoms. The number of allylic oxidation sites excluding steroid dienone is 13. The minimum Gasteiger partial charge on any atom is -0.756 e. The first-order valence-corrected chi connectivity index (χ1v) is 25.4. The van der Waals surface area contributed by atoms with Crippen LogP contribution in [0, 0.1) is 0 Å². The largest absolute Gasteiger partial charge is 0.756 e. The zero-order valence-corrected chi connectivity index (χ0v) is 40.0. The van der Waals surface area contributed by atoms with E-state index in [9.17, 15) is 19.4 Å². The molecule has 0 radical (unpaired) electrons. The fourth-order valence-electron chi connectivity index (χ4n) is 6.29. The molecule has 0 saturated carbocycles. The summed E-state index contributed by atoms with van der Waals surface area (Å²) >= 11 is 0. The summed E-state index contributed by atoms with van der Waals surface area (Å²) in [7, 11) is 1.22. The summed E-state index contributed by atoms with van der Waals surface area (Å²) in [6.45, 7) is 4.45. The normalized spacial score (nSPS) is 15.0. The first-order valence-electron chi connectivity index (χ1n) is 23.9. The van der Waals surface area contributed by atoms with Crippen LogP contribution < -0.4 is 10.2 Å². The van der Waals surface area contributed by atoms with Crippen LogP contribution in [0.4, 0.5) is 0 Å². The zero-order valence-electron chi connectivity index (χ0n) is 39.1. The van der Waals surface area contributed by atoms with Gasteiger partial charge in [-0.2, -0.15) is 0 Å². The summed E-state index contributed by atoms with van der Waals surface area (Å²) in [6, 6.07) is -0.914. The van der Waals surface area contributed by atoms with Gasteiger partial charge in [0.25, 0.3) is 7.82 Å². The Balaban J connectivity index is 4.31. The quantitative estimate of drug-likeness (QED) is 0.0274. The van der Waals surface area contributed by atoms with Gasteiger partial charge >= 0.3 is 0 Å². The van der Waals surface area contributed by atoms with Crippen LogP contribution >= 0.6 is 7.82 Å². The minimum atomic E-state index is -4.60. The third kappa shape index (κ3) is 43.8. The average molecular weight is 859 g/mol. The number of nitrogens with zero attached hydrogens (tertiary/aromatic N) is 1. The van der Waals surface area contributed by atoms with Crippen LogP contribution in [0.1, 0.15) is 181 Å². The van der Waals surface area contributed by atoms with E-state index < -0.39 is 26.6 Å². The lowest BCUT2D eigenvalue weighted by Crippen LogP contribution is -2.45. The number of unbranched alkanes of at least 4 members (excludes halogenated alkanes) is 17. The second-order valence-corrected chi connectivity index (χ2v) is 18.5. The van der Waals surface area contributed by atoms with Gasteiger partial charge in [0.15, 0.2) is 0 Å². The number of carbonyl (C=O) groups excluding carboxylic acids is 1. The van der Waals surface area contributed by atoms with Crippen molar-refractivity contribution >= 4 is 13.7 Å². The Kier molecular flexibility index (Phi) is 40.4. The molecule has 0 aromatic heterocycles. The molecule has 60 heavy (non-hydrogen) atoms. The van der Waals surface area contributed by atoms with Gasteiger partial charge in [-0.05, 0) is 83.5 Å². The molecule has 0 fully saturated rings. The van der Waals surface area contributed by atoms with Crippen LogP contribution in [0.15, 0.2) is 85.1 Å². The highest BCUT2D eigenvalue weighted by molar-refractivity contribution is 7.45. The lowest BCUT2D eigenvalue weighted by Gasteiger charge is -2.29. The number of aliphatic hydroxyl groups excluding tert-OH is 1. The molecule has 3 atom stereocenters. The highest BCUT2D eigenvalue weighted by Gasteiger charge is 2.23. The molecule has 346 valence electrons. The van der Waals surface area contributed by atoms with Gasteiger partial charge in [0.2, 0.25) is 5.91 Å². The number of likely N-dealkylation sites (N-methyl/N-ethyl adjacent to an activating group) is 1. The molecule has 0 rings (SSSR count). The van der Waals surface area contributed by atoms with E-state index in [2.05, 4.69) is 92.1 Å². The van der Waals surface area contributed by atoms with E-state index in [1.807, 2.05) is 27.2 Å². The van der Waals surface area contributed by atoms with Gasteiger partial charge in [-0.1, -0.05) is 176 Å². The van der Waals surface area contributed by atoms with Gasteiger partial charge < -0.3 is 28.8 Å². The number of aliphatic hydroxyl groups is 1. The van der Waals surface area contributed by atoms with Crippen molar-refractivity contribution in [2.45, 2.75) is 193 Å². The fourth-order valence-corrected chi connectivity index (χ4v) is 7.01. The van der Waals surface area contributed by atoms with Crippen molar-refractivity contribution in [1.29, 1.82) is 0 Å². The van der Waals surface area contributed by atoms with Crippen molar-refractivity contribution in [3.05, 3.63) is 85.1 Å². The van der Waals surface area contributed by atoms with Crippen molar-refractivity contribution in [3.63, 3.8) is 0 Å². The molecule has 0 aromatic rings. The first-order chi connectivity index (χ1) is 29.0. The number of hydrogen-bond acceptors (Lipinski definition) is 6. The van der Waals surface area contributed by atoms with Crippen molar-refractivity contribution < 1.29 is 32.9 Å². The highest BCUT2D eigenvalue weighted by atomic mass is 31.2. The van der Waals surface area contributed by atoms with Crippen LogP contribution in [0.5, 0.6) is 0 Å². The van der Waals surface area contributed by atoms with E-state index in [4.69, 9.17) is 9.05 Å². The molecule has 9 heteroatoms. The Morgan fingerprint density at radius 1 is 0.600 bits per heavy atom. The average Bonchev–Trinajstić information content (AvgIpc) is 3.20. The predicted molar refractivity (Wildman–Crippen MR) is 256 cm³/mol. The van der Waals surface area contributed by atoms with Gasteiger partial charge in [-0.3, -0.25) is 9.36 Å². The van der Waals surface area contributed by atoms with E-state index >= 15 is 0 Å². The molecule has 0 saturated heterocycles. The van der Waals surface area contributed by atoms with Crippen molar-refractivity contribution in [2.75, 3.05) is 40.9 Å². The van der Waals surface area contributed by atoms with Gasteiger partial charge in [-0.25, -0.2) is 0 Å². The van der Waals surface area contributed by atoms with Crippen LogP contribution in [-0.4, -0.2) is 68.5 Å². The number of hydrogen-bond donors (Lipinski definition) is 2. The summed E-state index contributed by atoms with van der Waals surface area (Å²) in [5.41, 5.74) is 0. The molecule has 0 aliphatic heterocycles. The maximum absolute atomic E-state index is 12.9. The van der Waals surface area contributed by atoms with E-state index in [1.54, 1.807) is 6.08 Å². The number of quaternary nitrogens is 1. The van der Waals surface area contributed by atoms with Crippen molar-refractivity contribution in [2.24, 2.45) is 0 Å². The number of amides is 1. The standard InChI is InChI=1S/C51H91N2O6P/c1-6-8-10-12-14-16-18-20-21-22-23-24-25-26-27-28-29-30-31-33-35-37-39-41-43-45-51(55)52-49(48-59-60(56,57)58-47-46-53(3,4)5)50(54)44-42-40-38-36-34-32-19-17-15-13-11-9-7-2/h8,10,14-17,20-21,23-24,34,36,42,44,49-50,54H,6-7,9,11-13,18-19,22,25-33,35,37-41,43,45-48H2,1-5H3,(H-,52,55,56,57)/b10-8-,16-14-,17-15+,21-20-,24-23-,36-34+,44-42+. The molecule has 1 amide bonds. The number of phosphoric acid groups is 1. The molecular weight excluding hydrogens is 768 g/mol. The molecule has 0 aliphatic rings. The van der Waals surface area contributed by atoms with E-state index in [-0.39, 0.29) is 12.5 Å². The summed E-state index contributed by atoms with van der Waals surface area (Å²) in [5, 5.41) is 13.8. The maximum atomic E-state index is 12.9. The predicted octanol–water partition coefficient (Wildman–Crippen LogP) is 13.1. The fraction of sp³-hybridized carbons (Fsp3) is 0.706. The summed E-state index contributed by atoms with van der Waals surface area (Å²) in [6.07, 6.45) is 57.8. The monoisotopic (exact) mass is 859 g/mol. The SMILES string of the molecule is CC/C=C\C/C=C\C/C=C\C/C=C\CCCCCCCCCCCCCCC(=O)NC(COP(=O)([O-])OCC[N+](C)(C)C)C(O)/C=C/CC/C=C/CC/C=C/CCCCC. The lowest BCUT2D eigenvalue weighted by atomic mass is 10.0.